The summed E-state index contributed by atoms with van der Waals surface area (Å²) in [5.74, 6) is -0.951. The van der Waals surface area contributed by atoms with Crippen molar-refractivity contribution in [3.8, 4) is 0 Å². The van der Waals surface area contributed by atoms with Gasteiger partial charge in [0.1, 0.15) is 6.61 Å². The van der Waals surface area contributed by atoms with Gasteiger partial charge in [-0.3, -0.25) is 19.7 Å². The average Bonchev–Trinajstić information content (AvgIpc) is 2.75. The molecule has 0 aromatic heterocycles. The highest BCUT2D eigenvalue weighted by atomic mass is 16.5. The Morgan fingerprint density at radius 1 is 1.14 bits per heavy atom. The standard InChI is InChI=1S/C17H19NO4/c1-11(2)7-12-3-5-13(6-4-12)10-22-16(20)9-14-8-15(19)18-17(14)21/h3-6,8,11H,7,9-10H2,1-2H3,(H,18,19,21). The minimum atomic E-state index is -0.528. The summed E-state index contributed by atoms with van der Waals surface area (Å²) in [6.45, 7) is 4.48. The number of hydrogen-bond donors (Lipinski definition) is 1. The highest BCUT2D eigenvalue weighted by molar-refractivity contribution is 6.17. The van der Waals surface area contributed by atoms with Gasteiger partial charge < -0.3 is 4.74 Å². The predicted molar refractivity (Wildman–Crippen MR) is 80.6 cm³/mol. The smallest absolute Gasteiger partial charge is 0.310 e. The summed E-state index contributed by atoms with van der Waals surface area (Å²) in [6, 6.07) is 7.90. The second-order valence-electron chi connectivity index (χ2n) is 5.74. The summed E-state index contributed by atoms with van der Waals surface area (Å²) < 4.78 is 5.12. The number of rotatable bonds is 6. The normalized spacial score (nSPS) is 14.0. The zero-order valence-electron chi connectivity index (χ0n) is 12.7. The van der Waals surface area contributed by atoms with Gasteiger partial charge in [0.25, 0.3) is 11.8 Å². The molecule has 1 N–H and O–H groups in total. The van der Waals surface area contributed by atoms with Crippen molar-refractivity contribution >= 4 is 17.8 Å². The summed E-state index contributed by atoms with van der Waals surface area (Å²) in [5.41, 5.74) is 2.28. The lowest BCUT2D eigenvalue weighted by atomic mass is 10.0. The molecule has 1 aliphatic heterocycles. The van der Waals surface area contributed by atoms with Crippen LogP contribution in [0.25, 0.3) is 0 Å². The Balaban J connectivity index is 1.82. The average molecular weight is 301 g/mol. The molecule has 0 aliphatic carbocycles. The summed E-state index contributed by atoms with van der Waals surface area (Å²) >= 11 is 0. The third-order valence-electron chi connectivity index (χ3n) is 3.24. The van der Waals surface area contributed by atoms with E-state index in [1.165, 1.54) is 5.56 Å². The molecule has 1 aromatic carbocycles. The fourth-order valence-electron chi connectivity index (χ4n) is 2.20. The molecule has 0 atom stereocenters. The largest absolute Gasteiger partial charge is 0.461 e. The number of carbonyl (C=O) groups is 3. The Bertz CT molecular complexity index is 614. The minimum absolute atomic E-state index is 0.141. The Morgan fingerprint density at radius 3 is 2.32 bits per heavy atom. The Labute approximate surface area is 129 Å². The molecule has 0 unspecified atom stereocenters. The molecule has 2 rings (SSSR count). The first-order valence-corrected chi connectivity index (χ1v) is 7.23. The van der Waals surface area contributed by atoms with Crippen molar-refractivity contribution in [3.05, 3.63) is 47.0 Å². The molecule has 22 heavy (non-hydrogen) atoms. The van der Waals surface area contributed by atoms with E-state index < -0.39 is 17.8 Å². The number of nitrogens with one attached hydrogen (secondary N) is 1. The van der Waals surface area contributed by atoms with E-state index in [1.807, 2.05) is 24.3 Å². The van der Waals surface area contributed by atoms with Crippen molar-refractivity contribution in [1.29, 1.82) is 0 Å². The van der Waals surface area contributed by atoms with E-state index >= 15 is 0 Å². The van der Waals surface area contributed by atoms with E-state index in [0.717, 1.165) is 18.1 Å². The number of hydrogen-bond acceptors (Lipinski definition) is 4. The first kappa shape index (κ1) is 15.9. The molecule has 0 bridgehead atoms. The molecular formula is C17H19NO4. The lowest BCUT2D eigenvalue weighted by Gasteiger charge is -2.07. The second-order valence-corrected chi connectivity index (χ2v) is 5.74. The Kier molecular flexibility index (Phi) is 5.09. The van der Waals surface area contributed by atoms with Gasteiger partial charge in [-0.05, 0) is 23.5 Å². The zero-order valence-corrected chi connectivity index (χ0v) is 12.7. The quantitative estimate of drug-likeness (QED) is 0.643. The maximum Gasteiger partial charge on any atom is 0.310 e. The lowest BCUT2D eigenvalue weighted by molar-refractivity contribution is -0.144. The van der Waals surface area contributed by atoms with Gasteiger partial charge in [-0.15, -0.1) is 0 Å². The Hall–Kier alpha value is -2.43. The van der Waals surface area contributed by atoms with Gasteiger partial charge in [0.15, 0.2) is 0 Å². The van der Waals surface area contributed by atoms with Crippen LogP contribution in [0.15, 0.2) is 35.9 Å². The van der Waals surface area contributed by atoms with Crippen LogP contribution in [0.1, 0.15) is 31.4 Å². The SMILES string of the molecule is CC(C)Cc1ccc(COC(=O)CC2=CC(=O)NC2=O)cc1. The molecule has 1 aliphatic rings. The van der Waals surface area contributed by atoms with Gasteiger partial charge in [0.2, 0.25) is 0 Å². The molecule has 1 heterocycles. The van der Waals surface area contributed by atoms with E-state index in [1.54, 1.807) is 0 Å². The number of imide groups is 1. The number of esters is 1. The van der Waals surface area contributed by atoms with Gasteiger partial charge >= 0.3 is 5.97 Å². The molecule has 0 fully saturated rings. The number of carbonyl (C=O) groups excluding carboxylic acids is 3. The topological polar surface area (TPSA) is 72.5 Å². The van der Waals surface area contributed by atoms with Gasteiger partial charge in [0.05, 0.1) is 6.42 Å². The molecule has 0 saturated heterocycles. The van der Waals surface area contributed by atoms with Crippen molar-refractivity contribution in [1.82, 2.24) is 5.32 Å². The van der Waals surface area contributed by atoms with E-state index in [4.69, 9.17) is 4.74 Å². The van der Waals surface area contributed by atoms with E-state index in [2.05, 4.69) is 19.2 Å². The van der Waals surface area contributed by atoms with Crippen molar-refractivity contribution in [3.63, 3.8) is 0 Å². The van der Waals surface area contributed by atoms with Crippen LogP contribution in [0.4, 0.5) is 0 Å². The van der Waals surface area contributed by atoms with E-state index in [9.17, 15) is 14.4 Å². The summed E-state index contributed by atoms with van der Waals surface area (Å²) in [6.07, 6.45) is 1.95. The van der Waals surface area contributed by atoms with Crippen molar-refractivity contribution in [2.45, 2.75) is 33.3 Å². The van der Waals surface area contributed by atoms with Crippen LogP contribution < -0.4 is 5.32 Å². The van der Waals surface area contributed by atoms with Crippen LogP contribution in [0.2, 0.25) is 0 Å². The Morgan fingerprint density at radius 2 is 1.77 bits per heavy atom. The van der Waals surface area contributed by atoms with Gasteiger partial charge in [0, 0.05) is 11.6 Å². The molecule has 5 nitrogen and oxygen atoms in total. The third-order valence-corrected chi connectivity index (χ3v) is 3.24. The summed E-state index contributed by atoms with van der Waals surface area (Å²) in [5, 5.41) is 2.09. The lowest BCUT2D eigenvalue weighted by Crippen LogP contribution is -2.23. The van der Waals surface area contributed by atoms with Crippen LogP contribution in [0, 0.1) is 5.92 Å². The van der Waals surface area contributed by atoms with Crippen LogP contribution >= 0.6 is 0 Å². The maximum atomic E-state index is 11.7. The first-order chi connectivity index (χ1) is 10.4. The van der Waals surface area contributed by atoms with Crippen molar-refractivity contribution in [2.75, 3.05) is 0 Å². The summed E-state index contributed by atoms with van der Waals surface area (Å²) in [7, 11) is 0. The molecule has 2 amide bonds. The van der Waals surface area contributed by atoms with Crippen LogP contribution in [0.3, 0.4) is 0 Å². The molecule has 0 spiro atoms. The molecule has 1 aromatic rings. The zero-order chi connectivity index (χ0) is 16.1. The maximum absolute atomic E-state index is 11.7. The minimum Gasteiger partial charge on any atom is -0.461 e. The number of benzene rings is 1. The highest BCUT2D eigenvalue weighted by Gasteiger charge is 2.23. The first-order valence-electron chi connectivity index (χ1n) is 7.23. The fraction of sp³-hybridized carbons (Fsp3) is 0.353. The van der Waals surface area contributed by atoms with Gasteiger partial charge in [-0.1, -0.05) is 38.1 Å². The number of amides is 2. The van der Waals surface area contributed by atoms with Crippen LogP contribution in [-0.2, 0) is 32.1 Å². The highest BCUT2D eigenvalue weighted by Crippen LogP contribution is 2.12. The van der Waals surface area contributed by atoms with Crippen LogP contribution in [-0.4, -0.2) is 17.8 Å². The van der Waals surface area contributed by atoms with E-state index in [0.29, 0.717) is 5.92 Å². The second kappa shape index (κ2) is 7.02. The monoisotopic (exact) mass is 301 g/mol. The summed E-state index contributed by atoms with van der Waals surface area (Å²) in [4.78, 5) is 34.0. The number of ether oxygens (including phenoxy) is 1. The molecule has 0 saturated carbocycles. The fourth-order valence-corrected chi connectivity index (χ4v) is 2.20. The molecular weight excluding hydrogens is 282 g/mol. The predicted octanol–water partition coefficient (Wildman–Crippen LogP) is 1.90. The van der Waals surface area contributed by atoms with Crippen molar-refractivity contribution < 1.29 is 19.1 Å². The van der Waals surface area contributed by atoms with Gasteiger partial charge in [-0.2, -0.15) is 0 Å². The molecule has 5 heteroatoms. The van der Waals surface area contributed by atoms with Crippen molar-refractivity contribution in [2.24, 2.45) is 5.92 Å². The van der Waals surface area contributed by atoms with Crippen LogP contribution in [0.5, 0.6) is 0 Å². The third kappa shape index (κ3) is 4.55. The molecule has 0 radical (unpaired) electrons. The van der Waals surface area contributed by atoms with Gasteiger partial charge in [-0.25, -0.2) is 0 Å². The molecule has 116 valence electrons. The van der Waals surface area contributed by atoms with E-state index in [-0.39, 0.29) is 18.6 Å².